The first-order valence-corrected chi connectivity index (χ1v) is 3.77. The fourth-order valence-electron chi connectivity index (χ4n) is 1.11. The molecule has 1 unspecified atom stereocenters. The Hall–Kier alpha value is -0.460. The molecule has 0 aromatic carbocycles. The van der Waals surface area contributed by atoms with E-state index < -0.39 is 0 Å². The molecule has 1 nitrogen and oxygen atoms in total. The van der Waals surface area contributed by atoms with Crippen LogP contribution in [-0.2, 0) is 0 Å². The summed E-state index contributed by atoms with van der Waals surface area (Å²) in [5.41, 5.74) is 0. The summed E-state index contributed by atoms with van der Waals surface area (Å²) in [6.07, 6.45) is 6.95. The molecule has 9 heavy (non-hydrogen) atoms. The molecule has 0 bridgehead atoms. The van der Waals surface area contributed by atoms with Gasteiger partial charge >= 0.3 is 0 Å². The van der Waals surface area contributed by atoms with E-state index in [-0.39, 0.29) is 0 Å². The van der Waals surface area contributed by atoms with Crippen LogP contribution in [0.5, 0.6) is 0 Å². The van der Waals surface area contributed by atoms with Crippen molar-refractivity contribution in [2.45, 2.75) is 32.7 Å². The third-order valence-corrected chi connectivity index (χ3v) is 2.01. The lowest BCUT2D eigenvalue weighted by atomic mass is 10.2. The Morgan fingerprint density at radius 2 is 2.44 bits per heavy atom. The van der Waals surface area contributed by atoms with Crippen molar-refractivity contribution in [1.82, 2.24) is 4.90 Å². The van der Waals surface area contributed by atoms with Gasteiger partial charge in [0.05, 0.1) is 0 Å². The topological polar surface area (TPSA) is 3.24 Å². The predicted octanol–water partition coefficient (Wildman–Crippen LogP) is 2.00. The van der Waals surface area contributed by atoms with Crippen LogP contribution in [0.1, 0.15) is 26.7 Å². The Bertz CT molecular complexity index is 107. The van der Waals surface area contributed by atoms with Crippen LogP contribution in [-0.4, -0.2) is 17.5 Å². The van der Waals surface area contributed by atoms with Gasteiger partial charge in [0.15, 0.2) is 0 Å². The number of hydrogen-bond acceptors (Lipinski definition) is 1. The van der Waals surface area contributed by atoms with Crippen molar-refractivity contribution in [3.63, 3.8) is 0 Å². The molecule has 0 aliphatic carbocycles. The molecule has 1 aliphatic rings. The van der Waals surface area contributed by atoms with Crippen LogP contribution < -0.4 is 0 Å². The first-order chi connectivity index (χ1) is 4.34. The molecule has 1 atom stereocenters. The monoisotopic (exact) mass is 125 g/mol. The van der Waals surface area contributed by atoms with Crippen LogP contribution in [0.3, 0.4) is 0 Å². The molecule has 0 amide bonds. The van der Waals surface area contributed by atoms with Gasteiger partial charge in [-0.1, -0.05) is 13.0 Å². The van der Waals surface area contributed by atoms with Crippen molar-refractivity contribution in [1.29, 1.82) is 0 Å². The van der Waals surface area contributed by atoms with Crippen molar-refractivity contribution >= 4 is 0 Å². The normalized spacial score (nSPS) is 20.9. The van der Waals surface area contributed by atoms with E-state index in [9.17, 15) is 0 Å². The van der Waals surface area contributed by atoms with Crippen LogP contribution in [0, 0.1) is 0 Å². The minimum Gasteiger partial charge on any atom is -0.375 e. The summed E-state index contributed by atoms with van der Waals surface area (Å²) in [6, 6.07) is 0.740. The van der Waals surface area contributed by atoms with Gasteiger partial charge in [-0.25, -0.2) is 0 Å². The fraction of sp³-hybridized carbons (Fsp3) is 0.750. The standard InChI is InChI=1S/C8H15N/c1-3-8(2)9-6-4-5-7-9/h4,6,8H,3,5,7H2,1-2H3. The highest BCUT2D eigenvalue weighted by Gasteiger charge is 2.08. The molecule has 1 heteroatoms. The highest BCUT2D eigenvalue weighted by molar-refractivity contribution is 4.92. The SMILES string of the molecule is CCC(C)N1C=CCC1. The molecular weight excluding hydrogens is 110 g/mol. The highest BCUT2D eigenvalue weighted by Crippen LogP contribution is 2.10. The fourth-order valence-corrected chi connectivity index (χ4v) is 1.11. The lowest BCUT2D eigenvalue weighted by Gasteiger charge is -2.22. The molecule has 1 rings (SSSR count). The van der Waals surface area contributed by atoms with Crippen LogP contribution in [0.2, 0.25) is 0 Å². The average Bonchev–Trinajstić information content (AvgIpc) is 2.37. The van der Waals surface area contributed by atoms with Gasteiger partial charge in [-0.15, -0.1) is 0 Å². The van der Waals surface area contributed by atoms with E-state index in [0.717, 1.165) is 6.04 Å². The van der Waals surface area contributed by atoms with Crippen molar-refractivity contribution in [3.8, 4) is 0 Å². The minimum absolute atomic E-state index is 0.740. The van der Waals surface area contributed by atoms with Crippen LogP contribution >= 0.6 is 0 Å². The Morgan fingerprint density at radius 3 is 2.89 bits per heavy atom. The maximum Gasteiger partial charge on any atom is 0.0253 e. The molecule has 0 fully saturated rings. The molecule has 1 aliphatic heterocycles. The van der Waals surface area contributed by atoms with Gasteiger partial charge in [0, 0.05) is 12.6 Å². The Kier molecular flexibility index (Phi) is 2.15. The zero-order chi connectivity index (χ0) is 6.69. The Morgan fingerprint density at radius 1 is 1.67 bits per heavy atom. The summed E-state index contributed by atoms with van der Waals surface area (Å²) < 4.78 is 0. The molecule has 0 spiro atoms. The third kappa shape index (κ3) is 1.47. The molecule has 1 heterocycles. The second kappa shape index (κ2) is 2.90. The Balaban J connectivity index is 2.33. The number of hydrogen-bond donors (Lipinski definition) is 0. The van der Waals surface area contributed by atoms with E-state index in [0.29, 0.717) is 0 Å². The summed E-state index contributed by atoms with van der Waals surface area (Å²) in [4.78, 5) is 2.40. The smallest absolute Gasteiger partial charge is 0.0253 e. The lowest BCUT2D eigenvalue weighted by molar-refractivity contribution is 0.308. The molecule has 0 aromatic rings. The summed E-state index contributed by atoms with van der Waals surface area (Å²) in [6.45, 7) is 5.74. The van der Waals surface area contributed by atoms with E-state index in [2.05, 4.69) is 31.0 Å². The largest absolute Gasteiger partial charge is 0.375 e. The third-order valence-electron chi connectivity index (χ3n) is 2.01. The van der Waals surface area contributed by atoms with Gasteiger partial charge in [0.1, 0.15) is 0 Å². The first-order valence-electron chi connectivity index (χ1n) is 3.77. The maximum absolute atomic E-state index is 2.40. The average molecular weight is 125 g/mol. The van der Waals surface area contributed by atoms with E-state index in [1.54, 1.807) is 0 Å². The van der Waals surface area contributed by atoms with Gasteiger partial charge in [0.2, 0.25) is 0 Å². The molecular formula is C8H15N. The van der Waals surface area contributed by atoms with Crippen molar-refractivity contribution < 1.29 is 0 Å². The predicted molar refractivity (Wildman–Crippen MR) is 40.2 cm³/mol. The summed E-state index contributed by atoms with van der Waals surface area (Å²) in [7, 11) is 0. The van der Waals surface area contributed by atoms with Crippen molar-refractivity contribution in [2.75, 3.05) is 6.54 Å². The van der Waals surface area contributed by atoms with Gasteiger partial charge in [0.25, 0.3) is 0 Å². The molecule has 0 N–H and O–H groups in total. The molecule has 52 valence electrons. The van der Waals surface area contributed by atoms with Gasteiger partial charge in [-0.05, 0) is 26.0 Å². The highest BCUT2D eigenvalue weighted by atomic mass is 15.1. The van der Waals surface area contributed by atoms with Gasteiger partial charge in [-0.2, -0.15) is 0 Å². The van der Waals surface area contributed by atoms with E-state index in [1.165, 1.54) is 19.4 Å². The quantitative estimate of drug-likeness (QED) is 0.545. The number of rotatable bonds is 2. The van der Waals surface area contributed by atoms with Crippen molar-refractivity contribution in [3.05, 3.63) is 12.3 Å². The zero-order valence-electron chi connectivity index (χ0n) is 6.30. The van der Waals surface area contributed by atoms with Gasteiger partial charge < -0.3 is 4.90 Å². The van der Waals surface area contributed by atoms with Crippen molar-refractivity contribution in [2.24, 2.45) is 0 Å². The summed E-state index contributed by atoms with van der Waals surface area (Å²) >= 11 is 0. The molecule has 0 saturated heterocycles. The second-order valence-corrected chi connectivity index (χ2v) is 2.67. The van der Waals surface area contributed by atoms with Crippen LogP contribution in [0.15, 0.2) is 12.3 Å². The van der Waals surface area contributed by atoms with E-state index >= 15 is 0 Å². The molecule has 0 saturated carbocycles. The van der Waals surface area contributed by atoms with Gasteiger partial charge in [-0.3, -0.25) is 0 Å². The second-order valence-electron chi connectivity index (χ2n) is 2.67. The molecule has 0 aromatic heterocycles. The maximum atomic E-state index is 2.40. The van der Waals surface area contributed by atoms with Crippen LogP contribution in [0.4, 0.5) is 0 Å². The first kappa shape index (κ1) is 6.66. The minimum atomic E-state index is 0.740. The molecule has 0 radical (unpaired) electrons. The van der Waals surface area contributed by atoms with E-state index in [1.807, 2.05) is 0 Å². The lowest BCUT2D eigenvalue weighted by Crippen LogP contribution is -2.25. The van der Waals surface area contributed by atoms with E-state index in [4.69, 9.17) is 0 Å². The summed E-state index contributed by atoms with van der Waals surface area (Å²) in [5.74, 6) is 0. The summed E-state index contributed by atoms with van der Waals surface area (Å²) in [5, 5.41) is 0. The Labute approximate surface area is 57.4 Å². The zero-order valence-corrected chi connectivity index (χ0v) is 6.30. The number of nitrogens with zero attached hydrogens (tertiary/aromatic N) is 1. The van der Waals surface area contributed by atoms with Crippen LogP contribution in [0.25, 0.3) is 0 Å².